The minimum absolute atomic E-state index is 0.0794. The summed E-state index contributed by atoms with van der Waals surface area (Å²) in [5.41, 5.74) is 5.47. The predicted octanol–water partition coefficient (Wildman–Crippen LogP) is 4.36. The molecule has 0 atom stereocenters. The third-order valence-electron chi connectivity index (χ3n) is 6.74. The van der Waals surface area contributed by atoms with Crippen molar-refractivity contribution in [2.45, 2.75) is 46.1 Å². The van der Waals surface area contributed by atoms with Gasteiger partial charge in [0, 0.05) is 38.2 Å². The van der Waals surface area contributed by atoms with Crippen LogP contribution in [0.25, 0.3) is 11.1 Å². The number of unbranched alkanes of at least 4 members (excludes halogenated alkanes) is 1. The standard InChI is InChI=1S/C29H34N4O2/c1-3-4-9-28-27(29(34)33(22(2)31-28)15-14-32-16-18-35-19-17-32)20-23-10-12-24(13-11-23)26-8-6-5-7-25(26)21-30/h5-8,10-13H,3-4,9,14-20H2,1-2H3. The summed E-state index contributed by atoms with van der Waals surface area (Å²) in [6.07, 6.45) is 3.45. The number of nitriles is 1. The van der Waals surface area contributed by atoms with E-state index in [0.29, 0.717) is 18.5 Å². The van der Waals surface area contributed by atoms with Gasteiger partial charge in [0.15, 0.2) is 0 Å². The van der Waals surface area contributed by atoms with Crippen LogP contribution in [0.2, 0.25) is 0 Å². The Morgan fingerprint density at radius 3 is 2.51 bits per heavy atom. The Morgan fingerprint density at radius 1 is 1.06 bits per heavy atom. The van der Waals surface area contributed by atoms with Gasteiger partial charge in [-0.05, 0) is 42.5 Å². The molecule has 4 rings (SSSR count). The van der Waals surface area contributed by atoms with Crippen LogP contribution in [0.1, 0.15) is 48.0 Å². The van der Waals surface area contributed by atoms with Crippen molar-refractivity contribution in [3.05, 3.63) is 87.1 Å². The zero-order valence-corrected chi connectivity index (χ0v) is 20.8. The number of aromatic nitrogens is 2. The van der Waals surface area contributed by atoms with Crippen LogP contribution in [0.15, 0.2) is 53.3 Å². The van der Waals surface area contributed by atoms with Gasteiger partial charge in [0.1, 0.15) is 5.82 Å². The second-order valence-corrected chi connectivity index (χ2v) is 9.13. The maximum Gasteiger partial charge on any atom is 0.257 e. The largest absolute Gasteiger partial charge is 0.379 e. The molecular weight excluding hydrogens is 436 g/mol. The number of rotatable bonds is 9. The van der Waals surface area contributed by atoms with Crippen LogP contribution >= 0.6 is 0 Å². The first-order chi connectivity index (χ1) is 17.1. The fraction of sp³-hybridized carbons (Fsp3) is 0.414. The van der Waals surface area contributed by atoms with E-state index in [1.807, 2.05) is 47.9 Å². The SMILES string of the molecule is CCCCc1nc(C)n(CCN2CCOCC2)c(=O)c1Cc1ccc(-c2ccccc2C#N)cc1. The van der Waals surface area contributed by atoms with Gasteiger partial charge >= 0.3 is 0 Å². The van der Waals surface area contributed by atoms with Crippen molar-refractivity contribution < 1.29 is 4.74 Å². The number of aryl methyl sites for hydroxylation is 2. The van der Waals surface area contributed by atoms with Gasteiger partial charge in [-0.15, -0.1) is 0 Å². The van der Waals surface area contributed by atoms with Crippen LogP contribution in [0.3, 0.4) is 0 Å². The second-order valence-electron chi connectivity index (χ2n) is 9.13. The summed E-state index contributed by atoms with van der Waals surface area (Å²) >= 11 is 0. The van der Waals surface area contributed by atoms with E-state index in [1.165, 1.54) is 0 Å². The maximum absolute atomic E-state index is 13.7. The Morgan fingerprint density at radius 2 is 1.80 bits per heavy atom. The average molecular weight is 471 g/mol. The molecular formula is C29H34N4O2. The summed E-state index contributed by atoms with van der Waals surface area (Å²) in [5, 5.41) is 9.43. The molecule has 0 saturated carbocycles. The first kappa shape index (κ1) is 24.8. The average Bonchev–Trinajstić information content (AvgIpc) is 2.90. The molecule has 2 heterocycles. The van der Waals surface area contributed by atoms with Gasteiger partial charge < -0.3 is 4.74 Å². The van der Waals surface area contributed by atoms with E-state index in [1.54, 1.807) is 0 Å². The van der Waals surface area contributed by atoms with Gasteiger partial charge in [0.2, 0.25) is 0 Å². The molecule has 1 aromatic heterocycles. The molecule has 1 aliphatic heterocycles. The third kappa shape index (κ3) is 6.05. The van der Waals surface area contributed by atoms with Gasteiger partial charge in [-0.25, -0.2) is 4.98 Å². The van der Waals surface area contributed by atoms with E-state index in [4.69, 9.17) is 9.72 Å². The summed E-state index contributed by atoms with van der Waals surface area (Å²) in [6.45, 7) is 8.89. The maximum atomic E-state index is 13.7. The highest BCUT2D eigenvalue weighted by Gasteiger charge is 2.17. The highest BCUT2D eigenvalue weighted by atomic mass is 16.5. The second kappa shape index (κ2) is 11.9. The fourth-order valence-electron chi connectivity index (χ4n) is 4.65. The minimum atomic E-state index is 0.0794. The highest BCUT2D eigenvalue weighted by molar-refractivity contribution is 5.70. The highest BCUT2D eigenvalue weighted by Crippen LogP contribution is 2.24. The smallest absolute Gasteiger partial charge is 0.257 e. The zero-order chi connectivity index (χ0) is 24.6. The van der Waals surface area contributed by atoms with Crippen molar-refractivity contribution in [1.29, 1.82) is 5.26 Å². The lowest BCUT2D eigenvalue weighted by molar-refractivity contribution is 0.0361. The van der Waals surface area contributed by atoms with Gasteiger partial charge in [0.05, 0.1) is 30.5 Å². The Kier molecular flexibility index (Phi) is 8.46. The molecule has 3 aromatic rings. The Hall–Kier alpha value is -3.27. The van der Waals surface area contributed by atoms with Crippen molar-refractivity contribution in [2.24, 2.45) is 0 Å². The molecule has 0 radical (unpaired) electrons. The van der Waals surface area contributed by atoms with Crippen LogP contribution in [0.5, 0.6) is 0 Å². The summed E-state index contributed by atoms with van der Waals surface area (Å²) in [4.78, 5) is 20.9. The minimum Gasteiger partial charge on any atom is -0.379 e. The van der Waals surface area contributed by atoms with Crippen LogP contribution in [-0.4, -0.2) is 47.3 Å². The number of hydrogen-bond donors (Lipinski definition) is 0. The van der Waals surface area contributed by atoms with Gasteiger partial charge in [0.25, 0.3) is 5.56 Å². The van der Waals surface area contributed by atoms with E-state index in [9.17, 15) is 10.1 Å². The first-order valence-electron chi connectivity index (χ1n) is 12.6. The van der Waals surface area contributed by atoms with Crippen molar-refractivity contribution >= 4 is 0 Å². The summed E-state index contributed by atoms with van der Waals surface area (Å²) in [7, 11) is 0. The van der Waals surface area contributed by atoms with Crippen molar-refractivity contribution in [1.82, 2.24) is 14.5 Å². The number of morpholine rings is 1. The number of nitrogens with zero attached hydrogens (tertiary/aromatic N) is 4. The van der Waals surface area contributed by atoms with Crippen molar-refractivity contribution in [3.8, 4) is 17.2 Å². The molecule has 0 aliphatic carbocycles. The number of ether oxygens (including phenoxy) is 1. The molecule has 0 amide bonds. The molecule has 35 heavy (non-hydrogen) atoms. The van der Waals surface area contributed by atoms with Gasteiger partial charge in [-0.3, -0.25) is 14.3 Å². The molecule has 1 saturated heterocycles. The molecule has 6 nitrogen and oxygen atoms in total. The fourth-order valence-corrected chi connectivity index (χ4v) is 4.65. The van der Waals surface area contributed by atoms with E-state index in [-0.39, 0.29) is 5.56 Å². The zero-order valence-electron chi connectivity index (χ0n) is 20.8. The summed E-state index contributed by atoms with van der Waals surface area (Å²) < 4.78 is 7.29. The van der Waals surface area contributed by atoms with Crippen LogP contribution in [0, 0.1) is 18.3 Å². The molecule has 6 heteroatoms. The summed E-state index contributed by atoms with van der Waals surface area (Å²) in [6, 6.07) is 18.1. The van der Waals surface area contributed by atoms with Crippen molar-refractivity contribution in [2.75, 3.05) is 32.8 Å². The van der Waals surface area contributed by atoms with E-state index >= 15 is 0 Å². The monoisotopic (exact) mass is 470 g/mol. The van der Waals surface area contributed by atoms with Crippen LogP contribution in [0.4, 0.5) is 0 Å². The normalized spacial score (nSPS) is 14.1. The van der Waals surface area contributed by atoms with Crippen LogP contribution < -0.4 is 5.56 Å². The molecule has 0 unspecified atom stereocenters. The Bertz CT molecular complexity index is 1240. The topological polar surface area (TPSA) is 71.2 Å². The molecule has 2 aromatic carbocycles. The lowest BCUT2D eigenvalue weighted by atomic mass is 9.97. The molecule has 1 aliphatic rings. The molecule has 0 bridgehead atoms. The Balaban J connectivity index is 1.60. The predicted molar refractivity (Wildman–Crippen MR) is 139 cm³/mol. The molecule has 1 fully saturated rings. The Labute approximate surface area is 207 Å². The van der Waals surface area contributed by atoms with Gasteiger partial charge in [-0.1, -0.05) is 55.8 Å². The first-order valence-corrected chi connectivity index (χ1v) is 12.6. The molecule has 182 valence electrons. The lowest BCUT2D eigenvalue weighted by Gasteiger charge is -2.27. The van der Waals surface area contributed by atoms with E-state index in [2.05, 4.69) is 30.0 Å². The molecule has 0 N–H and O–H groups in total. The van der Waals surface area contributed by atoms with Crippen LogP contribution in [-0.2, 0) is 24.1 Å². The van der Waals surface area contributed by atoms with E-state index in [0.717, 1.165) is 85.9 Å². The van der Waals surface area contributed by atoms with Gasteiger partial charge in [-0.2, -0.15) is 5.26 Å². The summed E-state index contributed by atoms with van der Waals surface area (Å²) in [5.74, 6) is 0.793. The quantitative estimate of drug-likeness (QED) is 0.465. The lowest BCUT2D eigenvalue weighted by Crippen LogP contribution is -2.40. The third-order valence-corrected chi connectivity index (χ3v) is 6.74. The molecule has 0 spiro atoms. The van der Waals surface area contributed by atoms with E-state index < -0.39 is 0 Å². The number of hydrogen-bond acceptors (Lipinski definition) is 5. The van der Waals surface area contributed by atoms with Crippen molar-refractivity contribution in [3.63, 3.8) is 0 Å². The number of benzene rings is 2.